The minimum atomic E-state index is -2.19. The fourth-order valence-corrected chi connectivity index (χ4v) is 6.71. The zero-order valence-corrected chi connectivity index (χ0v) is 25.6. The van der Waals surface area contributed by atoms with Gasteiger partial charge in [0, 0.05) is 57.7 Å². The maximum Gasteiger partial charge on any atom is 0.407 e. The van der Waals surface area contributed by atoms with Crippen LogP contribution in [0.3, 0.4) is 0 Å². The van der Waals surface area contributed by atoms with Gasteiger partial charge in [0.15, 0.2) is 0 Å². The van der Waals surface area contributed by atoms with Crippen LogP contribution in [-0.2, 0) is 14.0 Å². The van der Waals surface area contributed by atoms with Crippen molar-refractivity contribution in [3.05, 3.63) is 92.3 Å². The van der Waals surface area contributed by atoms with E-state index in [0.29, 0.717) is 5.56 Å². The number of carbonyl (C=O) groups is 1. The van der Waals surface area contributed by atoms with E-state index in [4.69, 9.17) is 19.3 Å². The molecule has 1 fully saturated rings. The molecule has 13 nitrogen and oxygen atoms in total. The Kier molecular flexibility index (Phi) is 9.90. The van der Waals surface area contributed by atoms with Crippen molar-refractivity contribution in [3.63, 3.8) is 0 Å². The van der Waals surface area contributed by atoms with Crippen LogP contribution in [-0.4, -0.2) is 76.3 Å². The van der Waals surface area contributed by atoms with Crippen molar-refractivity contribution in [1.82, 2.24) is 24.7 Å². The molecule has 5 rings (SSSR count). The van der Waals surface area contributed by atoms with Crippen LogP contribution in [0, 0.1) is 18.3 Å². The lowest BCUT2D eigenvalue weighted by atomic mass is 9.98. The predicted molar refractivity (Wildman–Crippen MR) is 162 cm³/mol. The average Bonchev–Trinajstić information content (AvgIpc) is 3.55. The van der Waals surface area contributed by atoms with Gasteiger partial charge in [0.05, 0.1) is 12.2 Å². The topological polar surface area (TPSA) is 162 Å². The van der Waals surface area contributed by atoms with Crippen molar-refractivity contribution in [2.24, 2.45) is 0 Å². The molecule has 2 aliphatic rings. The van der Waals surface area contributed by atoms with Crippen LogP contribution in [0.4, 0.5) is 4.79 Å². The highest BCUT2D eigenvalue weighted by atomic mass is 31.2. The molecule has 0 saturated carbocycles. The Bertz CT molecular complexity index is 1610. The number of hydrogen-bond donors (Lipinski definition) is 3. The van der Waals surface area contributed by atoms with Crippen LogP contribution in [0.1, 0.15) is 41.7 Å². The summed E-state index contributed by atoms with van der Waals surface area (Å²) in [4.78, 5) is 50.6. The average molecular weight is 623 g/mol. The largest absolute Gasteiger partial charge is 0.449 e. The zero-order chi connectivity index (χ0) is 31.4. The Morgan fingerprint density at radius 1 is 1.18 bits per heavy atom. The quantitative estimate of drug-likeness (QED) is 0.214. The summed E-state index contributed by atoms with van der Waals surface area (Å²) >= 11 is 0. The molecule has 2 heterocycles. The van der Waals surface area contributed by atoms with Gasteiger partial charge in [-0.3, -0.25) is 14.3 Å². The maximum absolute atomic E-state index is 12.9. The van der Waals surface area contributed by atoms with Crippen LogP contribution < -0.4 is 16.6 Å². The number of carbonyl (C=O) groups excluding carboxylic acids is 1. The van der Waals surface area contributed by atoms with E-state index < -0.39 is 44.3 Å². The molecule has 1 unspecified atom stereocenters. The number of ether oxygens (including phenoxy) is 2. The van der Waals surface area contributed by atoms with Gasteiger partial charge in [0.1, 0.15) is 18.9 Å². The molecule has 3 aromatic rings. The second-order valence-corrected chi connectivity index (χ2v) is 12.0. The van der Waals surface area contributed by atoms with Crippen molar-refractivity contribution in [2.45, 2.75) is 44.1 Å². The van der Waals surface area contributed by atoms with E-state index in [0.717, 1.165) is 22.3 Å². The minimum Gasteiger partial charge on any atom is -0.449 e. The van der Waals surface area contributed by atoms with Gasteiger partial charge < -0.3 is 24.2 Å². The monoisotopic (exact) mass is 622 g/mol. The summed E-state index contributed by atoms with van der Waals surface area (Å²) in [7, 11) is 1.25. The van der Waals surface area contributed by atoms with Gasteiger partial charge in [-0.1, -0.05) is 48.5 Å². The number of aromatic nitrogens is 2. The van der Waals surface area contributed by atoms with E-state index >= 15 is 0 Å². The summed E-state index contributed by atoms with van der Waals surface area (Å²) in [5.41, 5.74) is 3.61. The van der Waals surface area contributed by atoms with Crippen molar-refractivity contribution in [1.29, 1.82) is 5.26 Å². The zero-order valence-electron chi connectivity index (χ0n) is 24.7. The molecule has 2 aromatic carbocycles. The normalized spacial score (nSPS) is 19.9. The maximum atomic E-state index is 12.9. The van der Waals surface area contributed by atoms with Gasteiger partial charge in [-0.05, 0) is 29.2 Å². The number of nitrogens with one attached hydrogen (secondary N) is 2. The fourth-order valence-electron chi connectivity index (χ4n) is 5.56. The highest BCUT2D eigenvalue weighted by molar-refractivity contribution is 7.43. The van der Waals surface area contributed by atoms with Crippen molar-refractivity contribution in [3.8, 4) is 17.2 Å². The molecular weight excluding hydrogens is 587 g/mol. The number of fused-ring (bicyclic) bond motifs is 3. The highest BCUT2D eigenvalue weighted by Gasteiger charge is 2.41. The number of amides is 1. The SMILES string of the molecule is Cc1cn([C@H]2C[C@H](OP(O)N(CCC#N)N(C)C)[C@@H](CNC(=O)OCC3c4ccccc4-c4ccccc43)O2)c(=O)[nH]c1=O. The lowest BCUT2D eigenvalue weighted by Gasteiger charge is -2.32. The molecule has 1 saturated heterocycles. The van der Waals surface area contributed by atoms with Gasteiger partial charge in [-0.15, -0.1) is 0 Å². The van der Waals surface area contributed by atoms with Gasteiger partial charge in [-0.25, -0.2) is 14.6 Å². The number of rotatable bonds is 11. The predicted octanol–water partition coefficient (Wildman–Crippen LogP) is 2.97. The van der Waals surface area contributed by atoms with E-state index in [9.17, 15) is 19.3 Å². The standard InChI is InChI=1S/C30H35N6O7P/c1-19-17-35(29(38)33-28(19)37)27-15-25(43-44(40)36(34(2)3)14-8-13-31)26(42-27)16-32-30(39)41-18-24-22-11-6-4-9-20(22)21-10-5-7-12-23(21)24/h4-7,9-12,17,24-27,40H,8,14-16,18H2,1-3H3,(H,32,39)(H,33,37,38)/t25-,26+,27+,44?/m0/s1. The number of H-pyrrole nitrogens is 1. The first-order valence-corrected chi connectivity index (χ1v) is 15.4. The first kappa shape index (κ1) is 31.5. The van der Waals surface area contributed by atoms with Crippen LogP contribution in [0.25, 0.3) is 11.1 Å². The third-order valence-corrected chi connectivity index (χ3v) is 9.15. The summed E-state index contributed by atoms with van der Waals surface area (Å²) in [6.07, 6.45) is -1.25. The van der Waals surface area contributed by atoms with Gasteiger partial charge in [0.25, 0.3) is 14.1 Å². The first-order valence-electron chi connectivity index (χ1n) is 14.2. The Morgan fingerprint density at radius 3 is 2.48 bits per heavy atom. The number of aromatic amines is 1. The number of aryl methyl sites for hydroxylation is 1. The van der Waals surface area contributed by atoms with Crippen LogP contribution in [0.2, 0.25) is 0 Å². The summed E-state index contributed by atoms with van der Waals surface area (Å²) in [6.45, 7) is 1.92. The molecule has 44 heavy (non-hydrogen) atoms. The summed E-state index contributed by atoms with van der Waals surface area (Å²) in [5, 5.41) is 13.4. The summed E-state index contributed by atoms with van der Waals surface area (Å²) < 4.78 is 20.6. The van der Waals surface area contributed by atoms with E-state index in [1.54, 1.807) is 26.0 Å². The number of benzene rings is 2. The lowest BCUT2D eigenvalue weighted by Crippen LogP contribution is -2.40. The minimum absolute atomic E-state index is 0.0295. The van der Waals surface area contributed by atoms with E-state index in [2.05, 4.69) is 28.5 Å². The third-order valence-electron chi connectivity index (χ3n) is 7.74. The number of hydrogen-bond acceptors (Lipinski definition) is 10. The number of nitrogens with zero attached hydrogens (tertiary/aromatic N) is 4. The van der Waals surface area contributed by atoms with Gasteiger partial charge >= 0.3 is 11.8 Å². The smallest absolute Gasteiger partial charge is 0.407 e. The number of hydrazine groups is 1. The highest BCUT2D eigenvalue weighted by Crippen LogP contribution is 2.45. The van der Waals surface area contributed by atoms with Crippen molar-refractivity contribution in [2.75, 3.05) is 33.8 Å². The Labute approximate surface area is 255 Å². The lowest BCUT2D eigenvalue weighted by molar-refractivity contribution is -0.0187. The number of nitriles is 1. The first-order chi connectivity index (χ1) is 21.2. The second-order valence-electron chi connectivity index (χ2n) is 10.8. The van der Waals surface area contributed by atoms with Crippen molar-refractivity contribution < 1.29 is 23.7 Å². The van der Waals surface area contributed by atoms with Crippen LogP contribution in [0.5, 0.6) is 0 Å². The van der Waals surface area contributed by atoms with E-state index in [-0.39, 0.29) is 38.5 Å². The Hall–Kier alpha value is -3.89. The molecule has 0 radical (unpaired) electrons. The van der Waals surface area contributed by atoms with Crippen LogP contribution in [0.15, 0.2) is 64.3 Å². The second kappa shape index (κ2) is 13.8. The third kappa shape index (κ3) is 6.76. The Morgan fingerprint density at radius 2 is 1.84 bits per heavy atom. The molecule has 1 aromatic heterocycles. The van der Waals surface area contributed by atoms with E-state index in [1.807, 2.05) is 36.4 Å². The van der Waals surface area contributed by atoms with Crippen LogP contribution >= 0.6 is 8.53 Å². The molecule has 14 heteroatoms. The molecule has 4 atom stereocenters. The molecule has 1 aliphatic carbocycles. The molecule has 0 spiro atoms. The summed E-state index contributed by atoms with van der Waals surface area (Å²) in [5.74, 6) is -0.102. The molecule has 232 valence electrons. The van der Waals surface area contributed by atoms with Crippen molar-refractivity contribution >= 4 is 14.6 Å². The fraction of sp³-hybridized carbons (Fsp3) is 0.400. The molecule has 0 bridgehead atoms. The van der Waals surface area contributed by atoms with Gasteiger partial charge in [0.2, 0.25) is 0 Å². The summed E-state index contributed by atoms with van der Waals surface area (Å²) in [6, 6.07) is 18.2. The van der Waals surface area contributed by atoms with E-state index in [1.165, 1.54) is 15.5 Å². The number of alkyl carbamates (subject to hydrolysis) is 1. The molecule has 1 aliphatic heterocycles. The molecular formula is C30H35N6O7P. The Balaban J connectivity index is 1.27. The van der Waals surface area contributed by atoms with Gasteiger partial charge in [-0.2, -0.15) is 10.0 Å². The molecule has 1 amide bonds. The molecule has 3 N–H and O–H groups in total.